The van der Waals surface area contributed by atoms with E-state index in [2.05, 4.69) is 10.9 Å². The third-order valence-electron chi connectivity index (χ3n) is 2.10. The van der Waals surface area contributed by atoms with Crippen LogP contribution in [0.1, 0.15) is 12.0 Å². The highest BCUT2D eigenvalue weighted by Gasteiger charge is 2.08. The van der Waals surface area contributed by atoms with Crippen LogP contribution in [0.15, 0.2) is 18.3 Å². The molecule has 0 aliphatic rings. The molecule has 0 unspecified atom stereocenters. The van der Waals surface area contributed by atoms with Crippen molar-refractivity contribution in [3.8, 4) is 12.3 Å². The molecule has 0 bridgehead atoms. The van der Waals surface area contributed by atoms with Crippen molar-refractivity contribution < 1.29 is 9.90 Å². The number of rotatable bonds is 5. The van der Waals surface area contributed by atoms with Crippen LogP contribution < -0.4 is 4.90 Å². The van der Waals surface area contributed by atoms with E-state index in [1.807, 2.05) is 19.1 Å². The molecule has 0 aliphatic carbocycles. The van der Waals surface area contributed by atoms with E-state index in [0.29, 0.717) is 13.1 Å². The molecular formula is C12H14N2O2. The van der Waals surface area contributed by atoms with Gasteiger partial charge in [-0.25, -0.2) is 4.98 Å². The summed E-state index contributed by atoms with van der Waals surface area (Å²) in [5, 5.41) is 8.63. The molecule has 4 nitrogen and oxygen atoms in total. The van der Waals surface area contributed by atoms with E-state index in [1.165, 1.54) is 0 Å². The van der Waals surface area contributed by atoms with Crippen LogP contribution in [0.3, 0.4) is 0 Å². The van der Waals surface area contributed by atoms with Gasteiger partial charge in [0.25, 0.3) is 0 Å². The predicted molar refractivity (Wildman–Crippen MR) is 62.3 cm³/mol. The number of carboxylic acids is 1. The lowest BCUT2D eigenvalue weighted by Gasteiger charge is -2.20. The Morgan fingerprint density at radius 3 is 3.00 bits per heavy atom. The van der Waals surface area contributed by atoms with Gasteiger partial charge in [-0.05, 0) is 24.6 Å². The second-order valence-electron chi connectivity index (χ2n) is 3.46. The molecule has 0 fully saturated rings. The minimum absolute atomic E-state index is 0.0529. The summed E-state index contributed by atoms with van der Waals surface area (Å²) < 4.78 is 0. The number of anilines is 1. The van der Waals surface area contributed by atoms with E-state index < -0.39 is 5.97 Å². The van der Waals surface area contributed by atoms with E-state index >= 15 is 0 Å². The van der Waals surface area contributed by atoms with Gasteiger partial charge in [0, 0.05) is 12.7 Å². The normalized spacial score (nSPS) is 9.50. The first-order valence-electron chi connectivity index (χ1n) is 4.96. The first-order chi connectivity index (χ1) is 7.63. The number of aryl methyl sites for hydroxylation is 1. The lowest BCUT2D eigenvalue weighted by molar-refractivity contribution is -0.136. The lowest BCUT2D eigenvalue weighted by atomic mass is 10.3. The van der Waals surface area contributed by atoms with Crippen LogP contribution in [0.25, 0.3) is 0 Å². The zero-order valence-electron chi connectivity index (χ0n) is 9.18. The van der Waals surface area contributed by atoms with Gasteiger partial charge in [0.1, 0.15) is 5.82 Å². The second-order valence-corrected chi connectivity index (χ2v) is 3.46. The molecule has 4 heteroatoms. The molecule has 16 heavy (non-hydrogen) atoms. The molecule has 0 amide bonds. The Labute approximate surface area is 94.9 Å². The average Bonchev–Trinajstić information content (AvgIpc) is 2.24. The minimum Gasteiger partial charge on any atom is -0.481 e. The number of terminal acetylenes is 1. The Morgan fingerprint density at radius 2 is 2.44 bits per heavy atom. The maximum absolute atomic E-state index is 10.5. The summed E-state index contributed by atoms with van der Waals surface area (Å²) in [5.74, 6) is 2.39. The van der Waals surface area contributed by atoms with E-state index in [4.69, 9.17) is 11.5 Å². The summed E-state index contributed by atoms with van der Waals surface area (Å²) in [6.45, 7) is 2.69. The van der Waals surface area contributed by atoms with Crippen molar-refractivity contribution in [1.82, 2.24) is 4.98 Å². The van der Waals surface area contributed by atoms with Crippen LogP contribution >= 0.6 is 0 Å². The molecule has 1 heterocycles. The number of aliphatic carboxylic acids is 1. The van der Waals surface area contributed by atoms with Gasteiger partial charge in [0.05, 0.1) is 13.0 Å². The molecule has 0 saturated carbocycles. The first-order valence-corrected chi connectivity index (χ1v) is 4.96. The number of hydrogen-bond acceptors (Lipinski definition) is 3. The molecule has 0 aromatic carbocycles. The maximum atomic E-state index is 10.5. The van der Waals surface area contributed by atoms with Crippen molar-refractivity contribution in [2.45, 2.75) is 13.3 Å². The summed E-state index contributed by atoms with van der Waals surface area (Å²) in [4.78, 5) is 16.5. The largest absolute Gasteiger partial charge is 0.481 e. The van der Waals surface area contributed by atoms with Crippen LogP contribution in [0.4, 0.5) is 5.82 Å². The Bertz CT molecular complexity index is 410. The van der Waals surface area contributed by atoms with Gasteiger partial charge < -0.3 is 10.0 Å². The number of pyridine rings is 1. The third-order valence-corrected chi connectivity index (χ3v) is 2.10. The Kier molecular flexibility index (Phi) is 4.34. The number of aromatic nitrogens is 1. The summed E-state index contributed by atoms with van der Waals surface area (Å²) in [6, 6.07) is 3.77. The zero-order valence-corrected chi connectivity index (χ0v) is 9.18. The highest BCUT2D eigenvalue weighted by atomic mass is 16.4. The number of carboxylic acid groups (broad SMARTS) is 1. The fourth-order valence-corrected chi connectivity index (χ4v) is 1.31. The van der Waals surface area contributed by atoms with Crippen molar-refractivity contribution >= 4 is 11.8 Å². The number of hydrogen-bond donors (Lipinski definition) is 1. The topological polar surface area (TPSA) is 53.4 Å². The van der Waals surface area contributed by atoms with Gasteiger partial charge >= 0.3 is 5.97 Å². The quantitative estimate of drug-likeness (QED) is 0.757. The SMILES string of the molecule is C#CCN(CCC(=O)O)c1cc(C)ccn1. The standard InChI is InChI=1S/C12H14N2O2/c1-3-7-14(8-5-12(15)16)11-9-10(2)4-6-13-11/h1,4,6,9H,5,7-8H2,2H3,(H,15,16). The molecular weight excluding hydrogens is 204 g/mol. The molecule has 0 spiro atoms. The van der Waals surface area contributed by atoms with Gasteiger partial charge in [0.2, 0.25) is 0 Å². The van der Waals surface area contributed by atoms with Gasteiger partial charge in [-0.3, -0.25) is 4.79 Å². The van der Waals surface area contributed by atoms with E-state index in [-0.39, 0.29) is 6.42 Å². The maximum Gasteiger partial charge on any atom is 0.305 e. The summed E-state index contributed by atoms with van der Waals surface area (Å²) >= 11 is 0. The second kappa shape index (κ2) is 5.76. The third kappa shape index (κ3) is 3.62. The molecule has 0 radical (unpaired) electrons. The van der Waals surface area contributed by atoms with Gasteiger partial charge in [-0.1, -0.05) is 5.92 Å². The van der Waals surface area contributed by atoms with E-state index in [0.717, 1.165) is 11.4 Å². The van der Waals surface area contributed by atoms with Crippen LogP contribution in [0.2, 0.25) is 0 Å². The van der Waals surface area contributed by atoms with Crippen LogP contribution in [-0.2, 0) is 4.79 Å². The molecule has 1 rings (SSSR count). The van der Waals surface area contributed by atoms with Crippen LogP contribution in [0.5, 0.6) is 0 Å². The van der Waals surface area contributed by atoms with Crippen LogP contribution in [-0.4, -0.2) is 29.1 Å². The van der Waals surface area contributed by atoms with Crippen molar-refractivity contribution in [2.24, 2.45) is 0 Å². The molecule has 84 valence electrons. The first kappa shape index (κ1) is 12.1. The minimum atomic E-state index is -0.838. The molecule has 1 aromatic rings. The monoisotopic (exact) mass is 218 g/mol. The highest BCUT2D eigenvalue weighted by molar-refractivity contribution is 5.67. The predicted octanol–water partition coefficient (Wildman–Crippen LogP) is 1.30. The molecule has 1 aromatic heterocycles. The number of carbonyl (C=O) groups is 1. The van der Waals surface area contributed by atoms with E-state index in [9.17, 15) is 4.79 Å². The van der Waals surface area contributed by atoms with Gasteiger partial charge in [-0.2, -0.15) is 0 Å². The Morgan fingerprint density at radius 1 is 1.69 bits per heavy atom. The van der Waals surface area contributed by atoms with Gasteiger partial charge in [-0.15, -0.1) is 6.42 Å². The van der Waals surface area contributed by atoms with Gasteiger partial charge in [0.15, 0.2) is 0 Å². The van der Waals surface area contributed by atoms with Crippen molar-refractivity contribution in [3.63, 3.8) is 0 Å². The molecule has 1 N–H and O–H groups in total. The molecule has 0 saturated heterocycles. The molecule has 0 aliphatic heterocycles. The van der Waals surface area contributed by atoms with Crippen LogP contribution in [0, 0.1) is 19.3 Å². The zero-order chi connectivity index (χ0) is 12.0. The summed E-state index contributed by atoms with van der Waals surface area (Å²) in [5.41, 5.74) is 1.07. The van der Waals surface area contributed by atoms with Crippen molar-refractivity contribution in [1.29, 1.82) is 0 Å². The Hall–Kier alpha value is -2.02. The fraction of sp³-hybridized carbons (Fsp3) is 0.333. The smallest absolute Gasteiger partial charge is 0.305 e. The summed E-state index contributed by atoms with van der Waals surface area (Å²) in [6.07, 6.45) is 6.99. The highest BCUT2D eigenvalue weighted by Crippen LogP contribution is 2.12. The van der Waals surface area contributed by atoms with Crippen molar-refractivity contribution in [2.75, 3.05) is 18.0 Å². The number of nitrogens with zero attached hydrogens (tertiary/aromatic N) is 2. The molecule has 0 atom stereocenters. The fourth-order valence-electron chi connectivity index (χ4n) is 1.31. The Balaban J connectivity index is 2.77. The lowest BCUT2D eigenvalue weighted by Crippen LogP contribution is -2.27. The van der Waals surface area contributed by atoms with Crippen molar-refractivity contribution in [3.05, 3.63) is 23.9 Å². The average molecular weight is 218 g/mol. The summed E-state index contributed by atoms with van der Waals surface area (Å²) in [7, 11) is 0. The van der Waals surface area contributed by atoms with E-state index in [1.54, 1.807) is 11.1 Å².